The second kappa shape index (κ2) is 10.9. The molecule has 0 atom stereocenters. The number of rotatable bonds is 5. The summed E-state index contributed by atoms with van der Waals surface area (Å²) in [4.78, 5) is 53.8. The molecule has 0 aromatic heterocycles. The van der Waals surface area contributed by atoms with E-state index in [0.717, 1.165) is 17.0 Å². The van der Waals surface area contributed by atoms with Gasteiger partial charge in [-0.15, -0.1) is 0 Å². The van der Waals surface area contributed by atoms with Crippen LogP contribution >= 0.6 is 11.8 Å². The monoisotopic (exact) mass is 515 g/mol. The topological polar surface area (TPSA) is 87.2 Å². The summed E-state index contributed by atoms with van der Waals surface area (Å²) in [6.45, 7) is 3.06. The Balaban J connectivity index is 1.40. The molecule has 0 aliphatic carbocycles. The van der Waals surface area contributed by atoms with Gasteiger partial charge < -0.3 is 14.5 Å². The van der Waals surface area contributed by atoms with Crippen LogP contribution in [0.3, 0.4) is 0 Å². The molecule has 0 N–H and O–H groups in total. The molecule has 4 rings (SSSR count). The zero-order valence-corrected chi connectivity index (χ0v) is 20.2. The van der Waals surface area contributed by atoms with Crippen LogP contribution in [0.2, 0.25) is 0 Å². The highest BCUT2D eigenvalue weighted by atomic mass is 32.2. The maximum absolute atomic E-state index is 14.0. The van der Waals surface area contributed by atoms with Crippen molar-refractivity contribution in [3.63, 3.8) is 0 Å². The number of halogens is 2. The number of nitrogens with zero attached hydrogens (tertiary/aromatic N) is 3. The first-order chi connectivity index (χ1) is 17.3. The number of hydrogen-bond donors (Lipinski definition) is 0. The van der Waals surface area contributed by atoms with Crippen LogP contribution in [0.1, 0.15) is 28.4 Å². The Bertz CT molecular complexity index is 1210. The highest BCUT2D eigenvalue weighted by Gasteiger charge is 2.36. The van der Waals surface area contributed by atoms with Crippen molar-refractivity contribution in [2.45, 2.75) is 13.5 Å². The molecule has 11 heteroatoms. The van der Waals surface area contributed by atoms with Gasteiger partial charge in [-0.25, -0.2) is 13.6 Å². The van der Waals surface area contributed by atoms with Crippen LogP contribution in [0.4, 0.5) is 18.4 Å². The van der Waals surface area contributed by atoms with Crippen molar-refractivity contribution < 1.29 is 32.7 Å². The summed E-state index contributed by atoms with van der Waals surface area (Å²) >= 11 is 0.683. The predicted octanol–water partition coefficient (Wildman–Crippen LogP) is 4.12. The Hall–Kier alpha value is -3.73. The number of carbonyl (C=O) groups excluding carboxylic acids is 4. The quantitative estimate of drug-likeness (QED) is 0.557. The third-order valence-corrected chi connectivity index (χ3v) is 6.71. The van der Waals surface area contributed by atoms with Crippen molar-refractivity contribution in [2.75, 3.05) is 32.8 Å². The zero-order chi connectivity index (χ0) is 25.8. The second-order valence-electron chi connectivity index (χ2n) is 8.07. The summed E-state index contributed by atoms with van der Waals surface area (Å²) in [7, 11) is 0. The van der Waals surface area contributed by atoms with E-state index >= 15 is 0 Å². The van der Waals surface area contributed by atoms with E-state index in [1.165, 1.54) is 12.1 Å². The fraction of sp³-hybridized carbons (Fsp3) is 0.280. The number of amides is 4. The largest absolute Gasteiger partial charge is 0.450 e. The molecule has 188 valence electrons. The molecule has 8 nitrogen and oxygen atoms in total. The maximum atomic E-state index is 14.0. The average Bonchev–Trinajstić information content (AvgIpc) is 3.13. The Labute approximate surface area is 210 Å². The molecule has 2 aromatic carbocycles. The number of ether oxygens (including phenoxy) is 1. The molecule has 0 radical (unpaired) electrons. The molecule has 2 fully saturated rings. The van der Waals surface area contributed by atoms with E-state index in [1.807, 2.05) is 0 Å². The number of piperazine rings is 1. The van der Waals surface area contributed by atoms with E-state index in [2.05, 4.69) is 0 Å². The van der Waals surface area contributed by atoms with Gasteiger partial charge in [-0.3, -0.25) is 19.3 Å². The lowest BCUT2D eigenvalue weighted by molar-refractivity contribution is -0.123. The maximum Gasteiger partial charge on any atom is 0.409 e. The van der Waals surface area contributed by atoms with Crippen LogP contribution in [-0.2, 0) is 16.1 Å². The first-order valence-corrected chi connectivity index (χ1v) is 12.1. The summed E-state index contributed by atoms with van der Waals surface area (Å²) in [5.74, 6) is -2.49. The molecule has 0 saturated carbocycles. The van der Waals surface area contributed by atoms with Crippen LogP contribution in [0.15, 0.2) is 47.4 Å². The first-order valence-electron chi connectivity index (χ1n) is 11.3. The molecule has 36 heavy (non-hydrogen) atoms. The third kappa shape index (κ3) is 5.40. The highest BCUT2D eigenvalue weighted by Crippen LogP contribution is 2.34. The molecule has 0 unspecified atom stereocenters. The van der Waals surface area contributed by atoms with E-state index in [1.54, 1.807) is 41.0 Å². The van der Waals surface area contributed by atoms with E-state index < -0.39 is 35.4 Å². The van der Waals surface area contributed by atoms with Crippen LogP contribution < -0.4 is 0 Å². The van der Waals surface area contributed by atoms with Crippen molar-refractivity contribution >= 4 is 41.0 Å². The fourth-order valence-electron chi connectivity index (χ4n) is 3.84. The summed E-state index contributed by atoms with van der Waals surface area (Å²) in [6, 6.07) is 9.86. The highest BCUT2D eigenvalue weighted by molar-refractivity contribution is 8.18. The number of hydrogen-bond acceptors (Lipinski definition) is 6. The molecule has 0 spiro atoms. The van der Waals surface area contributed by atoms with Crippen LogP contribution in [0, 0.1) is 11.6 Å². The van der Waals surface area contributed by atoms with E-state index in [-0.39, 0.29) is 16.4 Å². The molecular weight excluding hydrogens is 492 g/mol. The van der Waals surface area contributed by atoms with Crippen molar-refractivity contribution in [1.29, 1.82) is 0 Å². The van der Waals surface area contributed by atoms with Gasteiger partial charge >= 0.3 is 6.09 Å². The van der Waals surface area contributed by atoms with Crippen LogP contribution in [0.5, 0.6) is 0 Å². The second-order valence-corrected chi connectivity index (χ2v) is 9.06. The molecule has 2 aliphatic rings. The van der Waals surface area contributed by atoms with E-state index in [9.17, 15) is 28.0 Å². The lowest BCUT2D eigenvalue weighted by Crippen LogP contribution is -2.50. The predicted molar refractivity (Wildman–Crippen MR) is 129 cm³/mol. The summed E-state index contributed by atoms with van der Waals surface area (Å²) in [5, 5.41) is -0.623. The number of imide groups is 1. The number of benzene rings is 2. The Morgan fingerprint density at radius 3 is 2.19 bits per heavy atom. The summed E-state index contributed by atoms with van der Waals surface area (Å²) < 4.78 is 32.9. The minimum absolute atomic E-state index is 0.117. The molecular formula is C25H23F2N3O5S. The van der Waals surface area contributed by atoms with Crippen LogP contribution in [0.25, 0.3) is 6.08 Å². The smallest absolute Gasteiger partial charge is 0.409 e. The van der Waals surface area contributed by atoms with Gasteiger partial charge in [-0.2, -0.15) is 0 Å². The van der Waals surface area contributed by atoms with Gasteiger partial charge in [0.25, 0.3) is 17.1 Å². The molecule has 4 amide bonds. The van der Waals surface area contributed by atoms with E-state index in [0.29, 0.717) is 55.7 Å². The Morgan fingerprint density at radius 2 is 1.58 bits per heavy atom. The van der Waals surface area contributed by atoms with Gasteiger partial charge in [0.05, 0.1) is 18.1 Å². The van der Waals surface area contributed by atoms with Gasteiger partial charge in [0.15, 0.2) is 0 Å². The summed E-state index contributed by atoms with van der Waals surface area (Å²) in [5.41, 5.74) is 0.674. The minimum atomic E-state index is -0.833. The van der Waals surface area contributed by atoms with Gasteiger partial charge in [0.1, 0.15) is 11.6 Å². The molecule has 2 saturated heterocycles. The summed E-state index contributed by atoms with van der Waals surface area (Å²) in [6.07, 6.45) is 1.10. The normalized spacial score (nSPS) is 17.2. The van der Waals surface area contributed by atoms with Gasteiger partial charge in [0.2, 0.25) is 0 Å². The lowest BCUT2D eigenvalue weighted by atomic mass is 10.1. The molecule has 0 bridgehead atoms. The Kier molecular flexibility index (Phi) is 7.68. The SMILES string of the molecule is CCOC(=O)N1CCN(C(=O)c2ccc(C=C3SC(=O)N(Cc4c(F)cccc4F)C3=O)cc2)CC1. The van der Waals surface area contributed by atoms with Gasteiger partial charge in [-0.1, -0.05) is 18.2 Å². The molecule has 2 heterocycles. The zero-order valence-electron chi connectivity index (χ0n) is 19.4. The standard InChI is InChI=1S/C25H23F2N3O5S/c1-2-35-24(33)29-12-10-28(11-13-29)22(31)17-8-6-16(7-9-17)14-21-23(32)30(25(34)36-21)15-18-19(26)4-3-5-20(18)27/h3-9,14H,2,10-13,15H2,1H3. The van der Waals surface area contributed by atoms with Crippen molar-refractivity contribution in [3.8, 4) is 0 Å². The average molecular weight is 516 g/mol. The molecule has 2 aliphatic heterocycles. The van der Waals surface area contributed by atoms with E-state index in [4.69, 9.17) is 4.74 Å². The number of thioether (sulfide) groups is 1. The van der Waals surface area contributed by atoms with Gasteiger partial charge in [-0.05, 0) is 54.6 Å². The third-order valence-electron chi connectivity index (χ3n) is 5.80. The van der Waals surface area contributed by atoms with Gasteiger partial charge in [0, 0.05) is 37.3 Å². The Morgan fingerprint density at radius 1 is 0.972 bits per heavy atom. The molecule has 2 aromatic rings. The lowest BCUT2D eigenvalue weighted by Gasteiger charge is -2.34. The van der Waals surface area contributed by atoms with Crippen LogP contribution in [-0.4, -0.2) is 70.6 Å². The van der Waals surface area contributed by atoms with Crippen molar-refractivity contribution in [2.24, 2.45) is 0 Å². The van der Waals surface area contributed by atoms with Crippen molar-refractivity contribution in [3.05, 3.63) is 75.7 Å². The first kappa shape index (κ1) is 25.4. The fourth-order valence-corrected chi connectivity index (χ4v) is 4.68. The van der Waals surface area contributed by atoms with Crippen molar-refractivity contribution in [1.82, 2.24) is 14.7 Å². The number of carbonyl (C=O) groups is 4. The minimum Gasteiger partial charge on any atom is -0.450 e.